The first-order valence-corrected chi connectivity index (χ1v) is 11.2. The molecule has 8 nitrogen and oxygen atoms in total. The molecule has 0 radical (unpaired) electrons. The highest BCUT2D eigenvalue weighted by molar-refractivity contribution is 6.27. The van der Waals surface area contributed by atoms with Gasteiger partial charge in [-0.2, -0.15) is 5.10 Å². The molecular formula is C25H28N6O2. The summed E-state index contributed by atoms with van der Waals surface area (Å²) in [6, 6.07) is 13.5. The highest BCUT2D eigenvalue weighted by Gasteiger charge is 2.35. The van der Waals surface area contributed by atoms with E-state index in [0.717, 1.165) is 43.0 Å². The summed E-state index contributed by atoms with van der Waals surface area (Å²) in [5.74, 6) is -0.220. The second-order valence-corrected chi connectivity index (χ2v) is 8.95. The number of nitrogens with one attached hydrogen (secondary N) is 2. The van der Waals surface area contributed by atoms with Crippen molar-refractivity contribution in [2.24, 2.45) is 0 Å². The van der Waals surface area contributed by atoms with E-state index in [-0.39, 0.29) is 11.7 Å². The Morgan fingerprint density at radius 2 is 1.79 bits per heavy atom. The third-order valence-electron chi connectivity index (χ3n) is 6.45. The Morgan fingerprint density at radius 1 is 1.06 bits per heavy atom. The molecule has 0 atom stereocenters. The van der Waals surface area contributed by atoms with Crippen LogP contribution >= 0.6 is 0 Å². The van der Waals surface area contributed by atoms with Crippen LogP contribution < -0.4 is 10.2 Å². The van der Waals surface area contributed by atoms with Crippen LogP contribution in [0.25, 0.3) is 22.5 Å². The van der Waals surface area contributed by atoms with Crippen molar-refractivity contribution < 1.29 is 9.59 Å². The second-order valence-electron chi connectivity index (χ2n) is 8.95. The van der Waals surface area contributed by atoms with Crippen LogP contribution in [0.2, 0.25) is 0 Å². The summed E-state index contributed by atoms with van der Waals surface area (Å²) in [7, 11) is 6.07. The Bertz CT molecular complexity index is 1210. The van der Waals surface area contributed by atoms with Gasteiger partial charge in [-0.1, -0.05) is 24.3 Å². The second kappa shape index (κ2) is 8.46. The minimum absolute atomic E-state index is 0.105. The first-order valence-electron chi connectivity index (χ1n) is 11.2. The van der Waals surface area contributed by atoms with Gasteiger partial charge in [0.1, 0.15) is 5.69 Å². The monoisotopic (exact) mass is 444 g/mol. The van der Waals surface area contributed by atoms with Crippen molar-refractivity contribution in [3.8, 4) is 22.5 Å². The number of aromatic nitrogens is 2. The van der Waals surface area contributed by atoms with Crippen molar-refractivity contribution >= 4 is 23.1 Å². The maximum atomic E-state index is 13.5. The van der Waals surface area contributed by atoms with Gasteiger partial charge in [0.2, 0.25) is 5.91 Å². The number of ketones is 1. The van der Waals surface area contributed by atoms with E-state index >= 15 is 0 Å². The third-order valence-corrected chi connectivity index (χ3v) is 6.45. The molecular weight excluding hydrogens is 416 g/mol. The van der Waals surface area contributed by atoms with Gasteiger partial charge in [-0.05, 0) is 25.2 Å². The number of nitrogens with zero attached hydrogens (tertiary/aromatic N) is 4. The molecule has 33 heavy (non-hydrogen) atoms. The largest absolute Gasteiger partial charge is 0.378 e. The molecule has 5 rings (SSSR count). The molecule has 1 saturated heterocycles. The maximum Gasteiger partial charge on any atom is 0.238 e. The first kappa shape index (κ1) is 21.4. The number of rotatable bonds is 5. The Hall–Kier alpha value is -3.49. The van der Waals surface area contributed by atoms with Gasteiger partial charge < -0.3 is 15.1 Å². The quantitative estimate of drug-likeness (QED) is 0.492. The van der Waals surface area contributed by atoms with Crippen LogP contribution in [0.4, 0.5) is 11.4 Å². The van der Waals surface area contributed by atoms with Crippen molar-refractivity contribution in [3.05, 3.63) is 53.6 Å². The summed E-state index contributed by atoms with van der Waals surface area (Å²) in [5, 5.41) is 10.5. The zero-order valence-electron chi connectivity index (χ0n) is 19.2. The van der Waals surface area contributed by atoms with Crippen molar-refractivity contribution in [2.75, 3.05) is 64.1 Å². The van der Waals surface area contributed by atoms with Crippen molar-refractivity contribution in [1.29, 1.82) is 0 Å². The highest BCUT2D eigenvalue weighted by Crippen LogP contribution is 2.43. The average Bonchev–Trinajstić information content (AvgIpc) is 3.36. The van der Waals surface area contributed by atoms with E-state index in [2.05, 4.69) is 32.4 Å². The van der Waals surface area contributed by atoms with Crippen LogP contribution in [-0.4, -0.2) is 85.6 Å². The maximum absolute atomic E-state index is 13.5. The van der Waals surface area contributed by atoms with E-state index < -0.39 is 0 Å². The van der Waals surface area contributed by atoms with E-state index in [9.17, 15) is 9.59 Å². The van der Waals surface area contributed by atoms with Crippen molar-refractivity contribution in [2.45, 2.75) is 0 Å². The molecule has 0 unspecified atom stereocenters. The number of fused-ring (bicyclic) bond motifs is 3. The number of benzene rings is 2. The van der Waals surface area contributed by atoms with Crippen LogP contribution in [-0.2, 0) is 4.79 Å². The normalized spacial score (nSPS) is 15.9. The SMILES string of the molecule is CN1CCN(CC(=O)Nc2cccc3c2C(=O)c2c-3n[nH]c2-c2ccc(N(C)C)cc2)CC1. The van der Waals surface area contributed by atoms with E-state index in [0.29, 0.717) is 34.7 Å². The minimum atomic E-state index is -0.115. The predicted molar refractivity (Wildman–Crippen MR) is 130 cm³/mol. The molecule has 0 bridgehead atoms. The molecule has 1 aliphatic heterocycles. The zero-order chi connectivity index (χ0) is 23.1. The van der Waals surface area contributed by atoms with Crippen molar-refractivity contribution in [1.82, 2.24) is 20.0 Å². The number of piperazine rings is 1. The van der Waals surface area contributed by atoms with Gasteiger partial charge in [0.15, 0.2) is 5.78 Å². The topological polar surface area (TPSA) is 84.6 Å². The molecule has 0 spiro atoms. The van der Waals surface area contributed by atoms with Crippen LogP contribution in [0.15, 0.2) is 42.5 Å². The molecule has 3 aromatic rings. The molecule has 2 aromatic carbocycles. The van der Waals surface area contributed by atoms with E-state index in [4.69, 9.17) is 0 Å². The number of carbonyl (C=O) groups excluding carboxylic acids is 2. The first-order chi connectivity index (χ1) is 15.9. The Balaban J connectivity index is 1.39. The lowest BCUT2D eigenvalue weighted by molar-refractivity contribution is -0.117. The smallest absolute Gasteiger partial charge is 0.238 e. The molecule has 2 N–H and O–H groups in total. The Labute approximate surface area is 193 Å². The molecule has 0 saturated carbocycles. The average molecular weight is 445 g/mol. The number of likely N-dealkylation sites (N-methyl/N-ethyl adjacent to an activating group) is 1. The fraction of sp³-hybridized carbons (Fsp3) is 0.320. The number of amides is 1. The Kier molecular flexibility index (Phi) is 5.47. The summed E-state index contributed by atoms with van der Waals surface area (Å²) in [6.45, 7) is 3.94. The summed E-state index contributed by atoms with van der Waals surface area (Å²) >= 11 is 0. The summed E-state index contributed by atoms with van der Waals surface area (Å²) in [4.78, 5) is 32.7. The number of H-pyrrole nitrogens is 1. The fourth-order valence-corrected chi connectivity index (χ4v) is 4.52. The van der Waals surface area contributed by atoms with Gasteiger partial charge in [0.25, 0.3) is 0 Å². The number of carbonyl (C=O) groups is 2. The number of aromatic amines is 1. The van der Waals surface area contributed by atoms with E-state index in [1.807, 2.05) is 55.4 Å². The van der Waals surface area contributed by atoms with Crippen molar-refractivity contribution in [3.63, 3.8) is 0 Å². The van der Waals surface area contributed by atoms with Gasteiger partial charge >= 0.3 is 0 Å². The minimum Gasteiger partial charge on any atom is -0.378 e. The van der Waals surface area contributed by atoms with Crippen LogP contribution in [0.5, 0.6) is 0 Å². The lowest BCUT2D eigenvalue weighted by Crippen LogP contribution is -2.47. The van der Waals surface area contributed by atoms with Gasteiger partial charge in [-0.3, -0.25) is 19.6 Å². The molecule has 2 heterocycles. The molecule has 2 aliphatic rings. The van der Waals surface area contributed by atoms with Gasteiger partial charge in [-0.15, -0.1) is 0 Å². The molecule has 1 aliphatic carbocycles. The van der Waals surface area contributed by atoms with Gasteiger partial charge in [-0.25, -0.2) is 0 Å². The van der Waals surface area contributed by atoms with Gasteiger partial charge in [0.05, 0.1) is 29.1 Å². The predicted octanol–water partition coefficient (Wildman–Crippen LogP) is 2.54. The Morgan fingerprint density at radius 3 is 2.48 bits per heavy atom. The standard InChI is InChI=1S/C25H28N6O2/c1-29(2)17-9-7-16(8-10-17)23-22-24(28-27-23)18-5-4-6-19(21(18)25(22)33)26-20(32)15-31-13-11-30(3)12-14-31/h4-10H,11-15H2,1-3H3,(H,26,32)(H,27,28). The van der Waals surface area contributed by atoms with Crippen LogP contribution in [0, 0.1) is 0 Å². The fourth-order valence-electron chi connectivity index (χ4n) is 4.52. The summed E-state index contributed by atoms with van der Waals surface area (Å²) in [5.41, 5.74) is 5.68. The number of anilines is 2. The lowest BCUT2D eigenvalue weighted by atomic mass is 10.0. The third kappa shape index (κ3) is 3.92. The van der Waals surface area contributed by atoms with Crippen LogP contribution in [0.1, 0.15) is 15.9 Å². The summed E-state index contributed by atoms with van der Waals surface area (Å²) < 4.78 is 0. The molecule has 170 valence electrons. The molecule has 1 fully saturated rings. The lowest BCUT2D eigenvalue weighted by Gasteiger charge is -2.31. The number of hydrogen-bond acceptors (Lipinski definition) is 6. The highest BCUT2D eigenvalue weighted by atomic mass is 16.2. The molecule has 8 heteroatoms. The zero-order valence-corrected chi connectivity index (χ0v) is 19.2. The van der Waals surface area contributed by atoms with Gasteiger partial charge in [0, 0.05) is 57.1 Å². The number of hydrogen-bond donors (Lipinski definition) is 2. The van der Waals surface area contributed by atoms with E-state index in [1.165, 1.54) is 0 Å². The van der Waals surface area contributed by atoms with E-state index in [1.54, 1.807) is 6.07 Å². The van der Waals surface area contributed by atoms with Crippen LogP contribution in [0.3, 0.4) is 0 Å². The molecule has 1 amide bonds. The summed E-state index contributed by atoms with van der Waals surface area (Å²) in [6.07, 6.45) is 0. The molecule has 1 aromatic heterocycles.